The number of carbonyl (C=O) groups excluding carboxylic acids is 3. The van der Waals surface area contributed by atoms with Crippen LogP contribution in [0.2, 0.25) is 0 Å². The maximum absolute atomic E-state index is 13.9. The van der Waals surface area contributed by atoms with E-state index < -0.39 is 23.5 Å². The van der Waals surface area contributed by atoms with Gasteiger partial charge in [0, 0.05) is 22.2 Å². The Morgan fingerprint density at radius 1 is 0.919 bits per heavy atom. The molecule has 37 heavy (non-hydrogen) atoms. The van der Waals surface area contributed by atoms with Crippen molar-refractivity contribution in [2.24, 2.45) is 10.4 Å². The second kappa shape index (κ2) is 10.4. The second-order valence-corrected chi connectivity index (χ2v) is 10.3. The van der Waals surface area contributed by atoms with Crippen LogP contribution in [0.4, 0.5) is 16.2 Å². The minimum atomic E-state index is -1.24. The van der Waals surface area contributed by atoms with E-state index in [1.54, 1.807) is 6.07 Å². The molecule has 3 aromatic carbocycles. The summed E-state index contributed by atoms with van der Waals surface area (Å²) in [4.78, 5) is 46.2. The number of ketones is 1. The monoisotopic (exact) mass is 496 g/mol. The van der Waals surface area contributed by atoms with E-state index >= 15 is 0 Å². The Hall–Kier alpha value is -4.26. The molecule has 0 aromatic heterocycles. The number of aryl methyl sites for hydroxylation is 2. The van der Waals surface area contributed by atoms with E-state index in [2.05, 4.69) is 10.6 Å². The first kappa shape index (κ1) is 25.8. The summed E-state index contributed by atoms with van der Waals surface area (Å²) in [6.07, 6.45) is -1.24. The third-order valence-electron chi connectivity index (χ3n) is 6.19. The number of aliphatic imine (C=N–C) groups is 1. The fraction of sp³-hybridized carbons (Fsp3) is 0.267. The third-order valence-corrected chi connectivity index (χ3v) is 6.19. The average Bonchev–Trinajstić information content (AvgIpc) is 2.94. The lowest BCUT2D eigenvalue weighted by Crippen LogP contribution is -2.50. The van der Waals surface area contributed by atoms with Crippen molar-refractivity contribution in [3.63, 3.8) is 0 Å². The zero-order valence-corrected chi connectivity index (χ0v) is 21.8. The van der Waals surface area contributed by atoms with Gasteiger partial charge in [-0.2, -0.15) is 0 Å². The third kappa shape index (κ3) is 5.94. The summed E-state index contributed by atoms with van der Waals surface area (Å²) in [5.41, 5.74) is 4.56. The van der Waals surface area contributed by atoms with Crippen molar-refractivity contribution < 1.29 is 14.4 Å². The van der Waals surface area contributed by atoms with E-state index in [4.69, 9.17) is 4.99 Å². The molecular formula is C30H32N4O3. The summed E-state index contributed by atoms with van der Waals surface area (Å²) < 4.78 is 0. The molecule has 1 aliphatic heterocycles. The van der Waals surface area contributed by atoms with Crippen molar-refractivity contribution in [3.05, 3.63) is 95.1 Å². The number of carbonyl (C=O) groups is 3. The predicted molar refractivity (Wildman–Crippen MR) is 147 cm³/mol. The van der Waals surface area contributed by atoms with E-state index in [9.17, 15) is 14.4 Å². The molecule has 3 aromatic rings. The van der Waals surface area contributed by atoms with Gasteiger partial charge in [-0.25, -0.2) is 9.79 Å². The number of hydrogen-bond acceptors (Lipinski definition) is 4. The molecule has 1 heterocycles. The quantitative estimate of drug-likeness (QED) is 0.505. The van der Waals surface area contributed by atoms with Gasteiger partial charge in [0.1, 0.15) is 0 Å². The Balaban J connectivity index is 1.78. The standard InChI is InChI=1S/C30H32N4O3/c1-19-10-9-13-22(16-19)31-29(37)33-27-28(36)34(18-25(35)30(3,4)5)24-17-20(2)14-15-23(24)26(32-27)21-11-7-6-8-12-21/h6-17,27H,18H2,1-5H3,(H2,31,33,37)/t27-/m0/s1. The Kier molecular flexibility index (Phi) is 7.25. The van der Waals surface area contributed by atoms with Crippen molar-refractivity contribution in [1.29, 1.82) is 0 Å². The van der Waals surface area contributed by atoms with Gasteiger partial charge in [-0.1, -0.05) is 75.4 Å². The lowest BCUT2D eigenvalue weighted by atomic mass is 9.90. The van der Waals surface area contributed by atoms with Crippen molar-refractivity contribution in [2.45, 2.75) is 40.8 Å². The van der Waals surface area contributed by atoms with Crippen LogP contribution in [0.1, 0.15) is 43.0 Å². The van der Waals surface area contributed by atoms with Gasteiger partial charge in [-0.05, 0) is 43.2 Å². The molecular weight excluding hydrogens is 464 g/mol. The van der Waals surface area contributed by atoms with Gasteiger partial charge >= 0.3 is 6.03 Å². The van der Waals surface area contributed by atoms with Gasteiger partial charge in [0.15, 0.2) is 5.78 Å². The number of hydrogen-bond donors (Lipinski definition) is 2. The summed E-state index contributed by atoms with van der Waals surface area (Å²) in [7, 11) is 0. The first-order chi connectivity index (χ1) is 17.5. The molecule has 7 nitrogen and oxygen atoms in total. The molecule has 1 aliphatic rings. The molecule has 2 N–H and O–H groups in total. The molecule has 4 rings (SSSR count). The first-order valence-corrected chi connectivity index (χ1v) is 12.3. The Bertz CT molecular complexity index is 1370. The Labute approximate surface area is 217 Å². The molecule has 0 saturated carbocycles. The molecule has 190 valence electrons. The van der Waals surface area contributed by atoms with Crippen LogP contribution in [0.25, 0.3) is 0 Å². The number of nitrogens with zero attached hydrogens (tertiary/aromatic N) is 2. The van der Waals surface area contributed by atoms with Gasteiger partial charge in [-0.15, -0.1) is 0 Å². The summed E-state index contributed by atoms with van der Waals surface area (Å²) in [5.74, 6) is -0.575. The Morgan fingerprint density at radius 3 is 2.30 bits per heavy atom. The number of benzene rings is 3. The van der Waals surface area contributed by atoms with E-state index in [1.807, 2.05) is 101 Å². The molecule has 0 fully saturated rings. The zero-order valence-electron chi connectivity index (χ0n) is 21.8. The van der Waals surface area contributed by atoms with Crippen LogP contribution in [0, 0.1) is 19.3 Å². The highest BCUT2D eigenvalue weighted by atomic mass is 16.2. The number of rotatable bonds is 5. The average molecular weight is 497 g/mol. The number of anilines is 2. The number of benzodiazepines with no additional fused rings is 1. The van der Waals surface area contributed by atoms with Crippen LogP contribution in [0.3, 0.4) is 0 Å². The SMILES string of the molecule is Cc1cccc(NC(=O)N[C@@H]2N=C(c3ccccc3)c3ccc(C)cc3N(CC(=O)C(C)(C)C)C2=O)c1. The van der Waals surface area contributed by atoms with Gasteiger partial charge in [0.2, 0.25) is 6.17 Å². The molecule has 1 atom stereocenters. The highest BCUT2D eigenvalue weighted by Gasteiger charge is 2.36. The number of Topliss-reactive ketones (excluding diaryl/α,β-unsaturated/α-hetero) is 1. The number of fused-ring (bicyclic) bond motifs is 1. The summed E-state index contributed by atoms with van der Waals surface area (Å²) in [6, 6.07) is 22.1. The maximum atomic E-state index is 13.9. The lowest BCUT2D eigenvalue weighted by molar-refractivity contribution is -0.127. The number of nitrogens with one attached hydrogen (secondary N) is 2. The topological polar surface area (TPSA) is 90.9 Å². The maximum Gasteiger partial charge on any atom is 0.321 e. The largest absolute Gasteiger partial charge is 0.321 e. The lowest BCUT2D eigenvalue weighted by Gasteiger charge is -2.28. The Morgan fingerprint density at radius 2 is 1.62 bits per heavy atom. The molecule has 0 radical (unpaired) electrons. The van der Waals surface area contributed by atoms with Crippen molar-refractivity contribution >= 4 is 34.8 Å². The molecule has 0 aliphatic carbocycles. The minimum absolute atomic E-state index is 0.0978. The van der Waals surface area contributed by atoms with Gasteiger partial charge in [0.25, 0.3) is 5.91 Å². The van der Waals surface area contributed by atoms with Crippen LogP contribution < -0.4 is 15.5 Å². The first-order valence-electron chi connectivity index (χ1n) is 12.3. The van der Waals surface area contributed by atoms with Gasteiger partial charge in [0.05, 0.1) is 17.9 Å². The predicted octanol–water partition coefficient (Wildman–Crippen LogP) is 5.25. The molecule has 3 amide bonds. The number of amides is 3. The number of urea groups is 1. The molecule has 0 unspecified atom stereocenters. The zero-order chi connectivity index (χ0) is 26.7. The van der Waals surface area contributed by atoms with Crippen LogP contribution in [-0.4, -0.2) is 36.1 Å². The molecule has 7 heteroatoms. The fourth-order valence-corrected chi connectivity index (χ4v) is 4.06. The normalized spacial score (nSPS) is 15.4. The van der Waals surface area contributed by atoms with Crippen molar-refractivity contribution in [3.8, 4) is 0 Å². The van der Waals surface area contributed by atoms with Crippen molar-refractivity contribution in [1.82, 2.24) is 5.32 Å². The highest BCUT2D eigenvalue weighted by molar-refractivity contribution is 6.21. The highest BCUT2D eigenvalue weighted by Crippen LogP contribution is 2.30. The molecule has 0 bridgehead atoms. The summed E-state index contributed by atoms with van der Waals surface area (Å²) in [6.45, 7) is 9.21. The van der Waals surface area contributed by atoms with Crippen molar-refractivity contribution in [2.75, 3.05) is 16.8 Å². The molecule has 0 spiro atoms. The van der Waals surface area contributed by atoms with E-state index in [0.29, 0.717) is 17.1 Å². The summed E-state index contributed by atoms with van der Waals surface area (Å²) >= 11 is 0. The minimum Gasteiger partial charge on any atom is -0.308 e. The van der Waals surface area contributed by atoms with E-state index in [1.165, 1.54) is 4.90 Å². The van der Waals surface area contributed by atoms with Crippen LogP contribution in [0.15, 0.2) is 77.8 Å². The second-order valence-electron chi connectivity index (χ2n) is 10.3. The van der Waals surface area contributed by atoms with Crippen LogP contribution in [-0.2, 0) is 9.59 Å². The smallest absolute Gasteiger partial charge is 0.308 e. The molecule has 0 saturated heterocycles. The van der Waals surface area contributed by atoms with E-state index in [0.717, 1.165) is 22.3 Å². The van der Waals surface area contributed by atoms with Gasteiger partial charge in [-0.3, -0.25) is 9.59 Å². The van der Waals surface area contributed by atoms with Crippen LogP contribution >= 0.6 is 0 Å². The van der Waals surface area contributed by atoms with E-state index in [-0.39, 0.29) is 12.3 Å². The summed E-state index contributed by atoms with van der Waals surface area (Å²) in [5, 5.41) is 5.51. The van der Waals surface area contributed by atoms with Crippen LogP contribution in [0.5, 0.6) is 0 Å². The van der Waals surface area contributed by atoms with Gasteiger partial charge < -0.3 is 15.5 Å². The fourth-order valence-electron chi connectivity index (χ4n) is 4.06.